The molecule has 0 aliphatic heterocycles. The fourth-order valence-corrected chi connectivity index (χ4v) is 4.31. The number of ether oxygens (including phenoxy) is 2. The number of rotatable bonds is 12. The molecule has 0 saturated heterocycles. The SMILES string of the molecule is COc1ccc(C(CCCCC(=O)OC(C)(C)C)N(Cc2ccccc2)C(=O)NCc2ccccc2)cc1. The first-order valence-corrected chi connectivity index (χ1v) is 13.2. The van der Waals surface area contributed by atoms with Crippen molar-refractivity contribution in [3.05, 3.63) is 102 Å². The van der Waals surface area contributed by atoms with Crippen LogP contribution in [0.1, 0.15) is 69.2 Å². The highest BCUT2D eigenvalue weighted by atomic mass is 16.6. The molecule has 1 N–H and O–H groups in total. The first kappa shape index (κ1) is 28.8. The fourth-order valence-electron chi connectivity index (χ4n) is 4.31. The summed E-state index contributed by atoms with van der Waals surface area (Å²) in [5.74, 6) is 0.570. The van der Waals surface area contributed by atoms with Crippen LogP contribution < -0.4 is 10.1 Å². The Hall–Kier alpha value is -3.80. The van der Waals surface area contributed by atoms with Crippen LogP contribution in [0.25, 0.3) is 0 Å². The molecule has 0 heterocycles. The van der Waals surface area contributed by atoms with E-state index < -0.39 is 5.60 Å². The third kappa shape index (κ3) is 9.58. The number of amides is 2. The number of benzene rings is 3. The molecule has 0 spiro atoms. The Morgan fingerprint density at radius 3 is 2.03 bits per heavy atom. The topological polar surface area (TPSA) is 67.9 Å². The van der Waals surface area contributed by atoms with Crippen LogP contribution in [0.4, 0.5) is 4.79 Å². The summed E-state index contributed by atoms with van der Waals surface area (Å²) in [6.45, 7) is 6.53. The van der Waals surface area contributed by atoms with Crippen molar-refractivity contribution in [1.29, 1.82) is 0 Å². The van der Waals surface area contributed by atoms with Gasteiger partial charge in [0.25, 0.3) is 0 Å². The molecular weight excluding hydrogens is 476 g/mol. The van der Waals surface area contributed by atoms with E-state index >= 15 is 0 Å². The summed E-state index contributed by atoms with van der Waals surface area (Å²) in [7, 11) is 1.64. The number of hydrogen-bond donors (Lipinski definition) is 1. The quantitative estimate of drug-likeness (QED) is 0.207. The molecule has 2 amide bonds. The second kappa shape index (κ2) is 14.2. The largest absolute Gasteiger partial charge is 0.497 e. The average Bonchev–Trinajstić information content (AvgIpc) is 2.91. The van der Waals surface area contributed by atoms with Gasteiger partial charge in [0, 0.05) is 19.5 Å². The van der Waals surface area contributed by atoms with Crippen LogP contribution in [0.15, 0.2) is 84.9 Å². The zero-order valence-corrected chi connectivity index (χ0v) is 23.0. The van der Waals surface area contributed by atoms with E-state index in [1.54, 1.807) is 7.11 Å². The Balaban J connectivity index is 1.80. The monoisotopic (exact) mass is 516 g/mol. The van der Waals surface area contributed by atoms with Crippen molar-refractivity contribution in [2.45, 2.75) is 71.2 Å². The van der Waals surface area contributed by atoms with Gasteiger partial charge in [-0.25, -0.2) is 4.79 Å². The minimum absolute atomic E-state index is 0.134. The summed E-state index contributed by atoms with van der Waals surface area (Å²) in [5.41, 5.74) is 2.62. The van der Waals surface area contributed by atoms with Crippen molar-refractivity contribution in [2.24, 2.45) is 0 Å². The minimum Gasteiger partial charge on any atom is -0.497 e. The summed E-state index contributed by atoms with van der Waals surface area (Å²) < 4.78 is 10.8. The van der Waals surface area contributed by atoms with Crippen LogP contribution in [0, 0.1) is 0 Å². The molecule has 202 valence electrons. The summed E-state index contributed by atoms with van der Waals surface area (Å²) in [4.78, 5) is 27.8. The lowest BCUT2D eigenvalue weighted by molar-refractivity contribution is -0.154. The highest BCUT2D eigenvalue weighted by Crippen LogP contribution is 2.30. The van der Waals surface area contributed by atoms with Crippen molar-refractivity contribution in [3.63, 3.8) is 0 Å². The maximum atomic E-state index is 13.7. The highest BCUT2D eigenvalue weighted by molar-refractivity contribution is 5.75. The van der Waals surface area contributed by atoms with E-state index in [4.69, 9.17) is 9.47 Å². The van der Waals surface area contributed by atoms with E-state index in [-0.39, 0.29) is 18.0 Å². The molecule has 3 aromatic rings. The Morgan fingerprint density at radius 2 is 1.45 bits per heavy atom. The Labute approximate surface area is 227 Å². The van der Waals surface area contributed by atoms with Crippen LogP contribution >= 0.6 is 0 Å². The molecule has 0 radical (unpaired) electrons. The molecule has 1 unspecified atom stereocenters. The molecular formula is C32H40N2O4. The van der Waals surface area contributed by atoms with E-state index in [9.17, 15) is 9.59 Å². The van der Waals surface area contributed by atoms with Crippen molar-refractivity contribution >= 4 is 12.0 Å². The van der Waals surface area contributed by atoms with Gasteiger partial charge in [-0.2, -0.15) is 0 Å². The van der Waals surface area contributed by atoms with Gasteiger partial charge < -0.3 is 19.7 Å². The third-order valence-corrected chi connectivity index (χ3v) is 6.15. The molecule has 6 heteroatoms. The molecule has 0 fully saturated rings. The minimum atomic E-state index is -0.494. The van der Waals surface area contributed by atoms with Gasteiger partial charge in [-0.1, -0.05) is 79.2 Å². The molecule has 38 heavy (non-hydrogen) atoms. The lowest BCUT2D eigenvalue weighted by Gasteiger charge is -2.33. The molecule has 0 aromatic heterocycles. The number of carbonyl (C=O) groups excluding carboxylic acids is 2. The molecule has 0 saturated carbocycles. The summed E-state index contributed by atoms with van der Waals surface area (Å²) >= 11 is 0. The van der Waals surface area contributed by atoms with E-state index in [0.717, 1.165) is 28.9 Å². The van der Waals surface area contributed by atoms with Crippen LogP contribution in [-0.2, 0) is 22.6 Å². The van der Waals surface area contributed by atoms with Crippen LogP contribution in [-0.4, -0.2) is 29.6 Å². The number of urea groups is 1. The van der Waals surface area contributed by atoms with E-state index in [1.165, 1.54) is 0 Å². The summed E-state index contributed by atoms with van der Waals surface area (Å²) in [6, 6.07) is 27.5. The Bertz CT molecular complexity index is 1130. The zero-order valence-electron chi connectivity index (χ0n) is 23.0. The number of carbonyl (C=O) groups is 2. The second-order valence-electron chi connectivity index (χ2n) is 10.4. The van der Waals surface area contributed by atoms with Crippen LogP contribution in [0.2, 0.25) is 0 Å². The number of esters is 1. The predicted octanol–water partition coefficient (Wildman–Crippen LogP) is 7.05. The van der Waals surface area contributed by atoms with Gasteiger partial charge in [-0.3, -0.25) is 4.79 Å². The normalized spacial score (nSPS) is 11.9. The smallest absolute Gasteiger partial charge is 0.318 e. The van der Waals surface area contributed by atoms with Gasteiger partial charge in [0.2, 0.25) is 0 Å². The fraction of sp³-hybridized carbons (Fsp3) is 0.375. The van der Waals surface area contributed by atoms with Crippen LogP contribution in [0.5, 0.6) is 5.75 Å². The van der Waals surface area contributed by atoms with Gasteiger partial charge in [0.05, 0.1) is 13.2 Å². The predicted molar refractivity (Wildman–Crippen MR) is 151 cm³/mol. The zero-order chi connectivity index (χ0) is 27.4. The molecule has 0 aliphatic carbocycles. The van der Waals surface area contributed by atoms with E-state index in [1.807, 2.05) is 111 Å². The molecule has 3 rings (SSSR count). The lowest BCUT2D eigenvalue weighted by Crippen LogP contribution is -2.41. The molecule has 6 nitrogen and oxygen atoms in total. The van der Waals surface area contributed by atoms with Crippen LogP contribution in [0.3, 0.4) is 0 Å². The third-order valence-electron chi connectivity index (χ3n) is 6.15. The van der Waals surface area contributed by atoms with Crippen molar-refractivity contribution in [3.8, 4) is 5.75 Å². The number of unbranched alkanes of at least 4 members (excludes halogenated alkanes) is 1. The highest BCUT2D eigenvalue weighted by Gasteiger charge is 2.26. The standard InChI is InChI=1S/C32H40N2O4/c1-32(2,3)38-30(35)18-12-11-17-29(27-19-21-28(37-4)22-20-27)34(24-26-15-9-6-10-16-26)31(36)33-23-25-13-7-5-8-14-25/h5-10,13-16,19-22,29H,11-12,17-18,23-24H2,1-4H3,(H,33,36). The Morgan fingerprint density at radius 1 is 0.842 bits per heavy atom. The first-order valence-electron chi connectivity index (χ1n) is 13.2. The maximum absolute atomic E-state index is 13.7. The number of nitrogens with one attached hydrogen (secondary N) is 1. The lowest BCUT2D eigenvalue weighted by atomic mass is 9.98. The van der Waals surface area contributed by atoms with E-state index in [0.29, 0.717) is 32.4 Å². The van der Waals surface area contributed by atoms with E-state index in [2.05, 4.69) is 5.32 Å². The van der Waals surface area contributed by atoms with Gasteiger partial charge in [-0.15, -0.1) is 0 Å². The average molecular weight is 517 g/mol. The number of methoxy groups -OCH3 is 1. The van der Waals surface area contributed by atoms with Crippen molar-refractivity contribution in [1.82, 2.24) is 10.2 Å². The first-order chi connectivity index (χ1) is 18.2. The molecule has 0 bridgehead atoms. The van der Waals surface area contributed by atoms with Gasteiger partial charge in [-0.05, 0) is 62.4 Å². The molecule has 3 aromatic carbocycles. The van der Waals surface area contributed by atoms with Gasteiger partial charge in [0.1, 0.15) is 11.4 Å². The number of nitrogens with zero attached hydrogens (tertiary/aromatic N) is 1. The number of hydrogen-bond acceptors (Lipinski definition) is 4. The summed E-state index contributed by atoms with van der Waals surface area (Å²) in [6.07, 6.45) is 2.52. The second-order valence-corrected chi connectivity index (χ2v) is 10.4. The maximum Gasteiger partial charge on any atom is 0.318 e. The van der Waals surface area contributed by atoms with Gasteiger partial charge in [0.15, 0.2) is 0 Å². The van der Waals surface area contributed by atoms with Crippen molar-refractivity contribution in [2.75, 3.05) is 7.11 Å². The Kier molecular flexibility index (Phi) is 10.8. The summed E-state index contributed by atoms with van der Waals surface area (Å²) in [5, 5.41) is 3.11. The molecule has 0 aliphatic rings. The van der Waals surface area contributed by atoms with Crippen molar-refractivity contribution < 1.29 is 19.1 Å². The molecule has 1 atom stereocenters. The van der Waals surface area contributed by atoms with Gasteiger partial charge >= 0.3 is 12.0 Å².